The van der Waals surface area contributed by atoms with Crippen LogP contribution >= 0.6 is 0 Å². The highest BCUT2D eigenvalue weighted by Gasteiger charge is 2.33. The number of nitrogens with two attached hydrogens (primary N) is 1. The van der Waals surface area contributed by atoms with E-state index in [-0.39, 0.29) is 31.5 Å². The van der Waals surface area contributed by atoms with E-state index < -0.39 is 26.6 Å². The average Bonchev–Trinajstić information content (AvgIpc) is 2.26. The van der Waals surface area contributed by atoms with E-state index in [0.717, 1.165) is 16.4 Å². The lowest BCUT2D eigenvalue weighted by atomic mass is 10.3. The first-order chi connectivity index (χ1) is 8.82. The van der Waals surface area contributed by atoms with Crippen LogP contribution in [0.15, 0.2) is 17.0 Å². The van der Waals surface area contributed by atoms with Crippen LogP contribution in [0.2, 0.25) is 0 Å². The van der Waals surface area contributed by atoms with Crippen LogP contribution in [0.1, 0.15) is 6.92 Å². The van der Waals surface area contributed by atoms with Gasteiger partial charge in [-0.05, 0) is 19.1 Å². The number of ether oxygens (including phenoxy) is 1. The molecule has 19 heavy (non-hydrogen) atoms. The summed E-state index contributed by atoms with van der Waals surface area (Å²) in [7, 11) is -4.23. The summed E-state index contributed by atoms with van der Waals surface area (Å²) in [5, 5.41) is 0. The lowest BCUT2D eigenvalue weighted by molar-refractivity contribution is 0.0100. The molecule has 106 valence electrons. The van der Waals surface area contributed by atoms with Gasteiger partial charge < -0.3 is 10.5 Å². The van der Waals surface area contributed by atoms with Gasteiger partial charge in [0.15, 0.2) is 4.90 Å². The smallest absolute Gasteiger partial charge is 0.249 e. The predicted molar refractivity (Wildman–Crippen MR) is 64.9 cm³/mol. The van der Waals surface area contributed by atoms with Crippen LogP contribution in [-0.4, -0.2) is 38.5 Å². The molecule has 0 saturated carbocycles. The van der Waals surface area contributed by atoms with E-state index >= 15 is 0 Å². The molecule has 0 radical (unpaired) electrons. The Balaban J connectivity index is 2.45. The van der Waals surface area contributed by atoms with Crippen molar-refractivity contribution in [2.75, 3.05) is 25.4 Å². The molecule has 0 spiro atoms. The number of anilines is 1. The Morgan fingerprint density at radius 1 is 1.37 bits per heavy atom. The van der Waals surface area contributed by atoms with Crippen molar-refractivity contribution < 1.29 is 21.9 Å². The number of hydrogen-bond donors (Lipinski definition) is 1. The van der Waals surface area contributed by atoms with Gasteiger partial charge in [-0.3, -0.25) is 0 Å². The lowest BCUT2D eigenvalue weighted by Crippen LogP contribution is -2.44. The van der Waals surface area contributed by atoms with E-state index in [0.29, 0.717) is 0 Å². The largest absolute Gasteiger partial charge is 0.399 e. The molecule has 1 aromatic rings. The number of rotatable bonds is 2. The Morgan fingerprint density at radius 3 is 2.47 bits per heavy atom. The molecule has 0 bridgehead atoms. The van der Waals surface area contributed by atoms with Crippen molar-refractivity contribution in [3.63, 3.8) is 0 Å². The third-order valence-electron chi connectivity index (χ3n) is 2.82. The Kier molecular flexibility index (Phi) is 3.75. The molecule has 1 aliphatic rings. The van der Waals surface area contributed by atoms with Crippen LogP contribution < -0.4 is 5.73 Å². The summed E-state index contributed by atoms with van der Waals surface area (Å²) in [5.74, 6) is -2.37. The zero-order valence-electron chi connectivity index (χ0n) is 10.3. The maximum Gasteiger partial charge on any atom is 0.249 e. The van der Waals surface area contributed by atoms with Gasteiger partial charge in [0, 0.05) is 18.8 Å². The minimum absolute atomic E-state index is 0.0611. The topological polar surface area (TPSA) is 72.6 Å². The van der Waals surface area contributed by atoms with Crippen LogP contribution in [0.4, 0.5) is 14.5 Å². The van der Waals surface area contributed by atoms with Crippen molar-refractivity contribution in [3.05, 3.63) is 23.8 Å². The number of halogens is 2. The van der Waals surface area contributed by atoms with E-state index in [1.807, 2.05) is 0 Å². The molecule has 2 N–H and O–H groups in total. The molecular weight excluding hydrogens is 278 g/mol. The molecule has 1 aliphatic heterocycles. The van der Waals surface area contributed by atoms with Gasteiger partial charge in [-0.25, -0.2) is 17.2 Å². The van der Waals surface area contributed by atoms with Crippen molar-refractivity contribution in [1.29, 1.82) is 0 Å². The summed E-state index contributed by atoms with van der Waals surface area (Å²) >= 11 is 0. The quantitative estimate of drug-likeness (QED) is 0.824. The average molecular weight is 292 g/mol. The van der Waals surface area contributed by atoms with Crippen molar-refractivity contribution in [2.24, 2.45) is 0 Å². The zero-order valence-corrected chi connectivity index (χ0v) is 11.1. The highest BCUT2D eigenvalue weighted by atomic mass is 32.2. The number of sulfonamides is 1. The lowest BCUT2D eigenvalue weighted by Gasteiger charge is -2.30. The number of morpholine rings is 1. The second kappa shape index (κ2) is 5.03. The summed E-state index contributed by atoms with van der Waals surface area (Å²) in [5.41, 5.74) is 5.10. The molecule has 0 amide bonds. The fourth-order valence-corrected chi connectivity index (χ4v) is 3.55. The third kappa shape index (κ3) is 2.70. The molecule has 1 aromatic carbocycles. The second-order valence-electron chi connectivity index (χ2n) is 4.36. The maximum absolute atomic E-state index is 13.7. The van der Waals surface area contributed by atoms with E-state index in [9.17, 15) is 17.2 Å². The van der Waals surface area contributed by atoms with Gasteiger partial charge in [0.2, 0.25) is 10.0 Å². The first-order valence-electron chi connectivity index (χ1n) is 5.68. The van der Waals surface area contributed by atoms with E-state index in [2.05, 4.69) is 0 Å². The van der Waals surface area contributed by atoms with Gasteiger partial charge in [-0.1, -0.05) is 0 Å². The maximum atomic E-state index is 13.7. The number of benzene rings is 1. The van der Waals surface area contributed by atoms with Gasteiger partial charge in [0.1, 0.15) is 11.6 Å². The van der Waals surface area contributed by atoms with E-state index in [1.54, 1.807) is 6.92 Å². The fraction of sp³-hybridized carbons (Fsp3) is 0.455. The van der Waals surface area contributed by atoms with Gasteiger partial charge >= 0.3 is 0 Å². The fourth-order valence-electron chi connectivity index (χ4n) is 1.96. The molecule has 1 unspecified atom stereocenters. The van der Waals surface area contributed by atoms with Gasteiger partial charge in [-0.15, -0.1) is 0 Å². The predicted octanol–water partition coefficient (Wildman–Crippen LogP) is 0.956. The van der Waals surface area contributed by atoms with Crippen molar-refractivity contribution in [1.82, 2.24) is 4.31 Å². The molecule has 1 heterocycles. The van der Waals surface area contributed by atoms with Crippen LogP contribution in [0.5, 0.6) is 0 Å². The highest BCUT2D eigenvalue weighted by Crippen LogP contribution is 2.26. The molecule has 2 rings (SSSR count). The van der Waals surface area contributed by atoms with E-state index in [1.165, 1.54) is 0 Å². The van der Waals surface area contributed by atoms with Crippen molar-refractivity contribution >= 4 is 15.7 Å². The molecule has 1 atom stereocenters. The minimum Gasteiger partial charge on any atom is -0.399 e. The first kappa shape index (κ1) is 14.2. The van der Waals surface area contributed by atoms with Crippen LogP contribution in [0.25, 0.3) is 0 Å². The normalized spacial score (nSPS) is 21.5. The molecule has 0 aromatic heterocycles. The Morgan fingerprint density at radius 2 is 1.95 bits per heavy atom. The van der Waals surface area contributed by atoms with Crippen LogP contribution in [0.3, 0.4) is 0 Å². The molecule has 5 nitrogen and oxygen atoms in total. The standard InChI is InChI=1S/C11H14F2N2O3S/c1-7-6-15(2-3-18-7)19(16,17)11-9(12)4-8(14)5-10(11)13/h4-5,7H,2-3,6,14H2,1H3. The molecule has 1 saturated heterocycles. The number of nitrogen functional groups attached to an aromatic ring is 1. The first-order valence-corrected chi connectivity index (χ1v) is 7.12. The Hall–Kier alpha value is -1.25. The van der Waals surface area contributed by atoms with Gasteiger partial charge in [-0.2, -0.15) is 4.31 Å². The summed E-state index contributed by atoms with van der Waals surface area (Å²) in [4.78, 5) is -0.962. The van der Waals surface area contributed by atoms with Gasteiger partial charge in [0.05, 0.1) is 12.7 Å². The Bertz CT molecular complexity index is 569. The highest BCUT2D eigenvalue weighted by molar-refractivity contribution is 7.89. The summed E-state index contributed by atoms with van der Waals surface area (Å²) in [6.45, 7) is 2.01. The van der Waals surface area contributed by atoms with Crippen LogP contribution in [0, 0.1) is 11.6 Å². The number of nitrogens with zero attached hydrogens (tertiary/aromatic N) is 1. The van der Waals surface area contributed by atoms with Crippen molar-refractivity contribution in [2.45, 2.75) is 17.9 Å². The zero-order chi connectivity index (χ0) is 14.2. The monoisotopic (exact) mass is 292 g/mol. The Labute approximate surface area is 110 Å². The molecule has 0 aliphatic carbocycles. The van der Waals surface area contributed by atoms with Crippen LogP contribution in [-0.2, 0) is 14.8 Å². The molecule has 1 fully saturated rings. The molecule has 8 heteroatoms. The third-order valence-corrected chi connectivity index (χ3v) is 4.74. The van der Waals surface area contributed by atoms with Gasteiger partial charge in [0.25, 0.3) is 0 Å². The second-order valence-corrected chi connectivity index (χ2v) is 6.23. The summed E-state index contributed by atoms with van der Waals surface area (Å²) in [6.07, 6.45) is -0.316. The summed E-state index contributed by atoms with van der Waals surface area (Å²) in [6, 6.07) is 1.58. The number of hydrogen-bond acceptors (Lipinski definition) is 4. The van der Waals surface area contributed by atoms with Crippen molar-refractivity contribution in [3.8, 4) is 0 Å². The summed E-state index contributed by atoms with van der Waals surface area (Å²) < 4.78 is 58.1. The van der Waals surface area contributed by atoms with E-state index in [4.69, 9.17) is 10.5 Å². The minimum atomic E-state index is -4.23. The molecular formula is C11H14F2N2O3S. The SMILES string of the molecule is CC1CN(S(=O)(=O)c2c(F)cc(N)cc2F)CCO1.